The van der Waals surface area contributed by atoms with Crippen LogP contribution in [-0.4, -0.2) is 64.4 Å². The molecule has 2 rings (SSSR count). The summed E-state index contributed by atoms with van der Waals surface area (Å²) in [5.74, 6) is 0.260. The molecule has 0 radical (unpaired) electrons. The normalized spacial score (nSPS) is 11.1. The van der Waals surface area contributed by atoms with Gasteiger partial charge in [0.1, 0.15) is 6.54 Å². The number of amides is 3. The molecule has 31 heavy (non-hydrogen) atoms. The Balaban J connectivity index is 2.20. The van der Waals surface area contributed by atoms with Gasteiger partial charge in [0.05, 0.1) is 6.54 Å². The van der Waals surface area contributed by atoms with Crippen LogP contribution in [0.25, 0.3) is 0 Å². The van der Waals surface area contributed by atoms with Crippen molar-refractivity contribution in [2.45, 2.75) is 46.8 Å². The monoisotopic (exact) mass is 446 g/mol. The summed E-state index contributed by atoms with van der Waals surface area (Å²) >= 11 is 6.34. The van der Waals surface area contributed by atoms with Gasteiger partial charge in [0.15, 0.2) is 0 Å². The number of aromatic nitrogens is 1. The number of nitrogens with zero attached hydrogens (tertiary/aromatic N) is 4. The zero-order valence-electron chi connectivity index (χ0n) is 19.5. The maximum absolute atomic E-state index is 13.3. The molecule has 0 aliphatic carbocycles. The molecule has 0 spiro atoms. The number of carbonyl (C=O) groups is 2. The minimum absolute atomic E-state index is 0.0527. The van der Waals surface area contributed by atoms with E-state index < -0.39 is 0 Å². The zero-order chi connectivity index (χ0) is 23.1. The van der Waals surface area contributed by atoms with Gasteiger partial charge >= 0.3 is 6.03 Å². The van der Waals surface area contributed by atoms with Crippen LogP contribution in [0.5, 0.6) is 0 Å². The molecular weight excluding hydrogens is 412 g/mol. The third kappa shape index (κ3) is 7.03. The lowest BCUT2D eigenvalue weighted by atomic mass is 10.2. The summed E-state index contributed by atoms with van der Waals surface area (Å²) in [4.78, 5) is 30.8. The van der Waals surface area contributed by atoms with E-state index in [0.717, 1.165) is 16.3 Å². The van der Waals surface area contributed by atoms with E-state index in [1.54, 1.807) is 19.0 Å². The van der Waals surface area contributed by atoms with Gasteiger partial charge in [0, 0.05) is 50.1 Å². The number of urea groups is 1. The highest BCUT2D eigenvalue weighted by atomic mass is 35.5. The van der Waals surface area contributed by atoms with Gasteiger partial charge in [-0.2, -0.15) is 0 Å². The number of carbonyl (C=O) groups excluding carboxylic acids is 2. The molecule has 0 saturated heterocycles. The summed E-state index contributed by atoms with van der Waals surface area (Å²) in [6.07, 6.45) is 2.01. The van der Waals surface area contributed by atoms with Gasteiger partial charge in [-0.3, -0.25) is 4.79 Å². The van der Waals surface area contributed by atoms with Crippen molar-refractivity contribution in [3.63, 3.8) is 0 Å². The van der Waals surface area contributed by atoms with Crippen LogP contribution in [0.2, 0.25) is 5.02 Å². The van der Waals surface area contributed by atoms with Crippen LogP contribution >= 0.6 is 11.6 Å². The molecule has 7 heteroatoms. The zero-order valence-corrected chi connectivity index (χ0v) is 20.3. The average Bonchev–Trinajstić information content (AvgIpc) is 3.12. The Morgan fingerprint density at radius 2 is 1.71 bits per heavy atom. The minimum atomic E-state index is -0.157. The van der Waals surface area contributed by atoms with Crippen LogP contribution < -0.4 is 0 Å². The molecule has 2 aromatic rings. The number of halogens is 1. The van der Waals surface area contributed by atoms with Crippen LogP contribution in [0.15, 0.2) is 42.6 Å². The van der Waals surface area contributed by atoms with Gasteiger partial charge in [-0.05, 0) is 43.5 Å². The van der Waals surface area contributed by atoms with Gasteiger partial charge in [-0.1, -0.05) is 43.6 Å². The summed E-state index contributed by atoms with van der Waals surface area (Å²) in [7, 11) is 3.41. The molecule has 0 aliphatic rings. The Kier molecular flexibility index (Phi) is 8.99. The van der Waals surface area contributed by atoms with Gasteiger partial charge in [0.2, 0.25) is 5.91 Å². The largest absolute Gasteiger partial charge is 0.345 e. The summed E-state index contributed by atoms with van der Waals surface area (Å²) in [6, 6.07) is 11.6. The van der Waals surface area contributed by atoms with E-state index in [2.05, 4.69) is 18.4 Å². The molecule has 0 atom stereocenters. The fourth-order valence-electron chi connectivity index (χ4n) is 3.42. The Morgan fingerprint density at radius 3 is 2.29 bits per heavy atom. The minimum Gasteiger partial charge on any atom is -0.345 e. The van der Waals surface area contributed by atoms with Crippen molar-refractivity contribution in [2.75, 3.05) is 27.2 Å². The molecule has 1 aromatic carbocycles. The molecule has 3 amide bonds. The maximum Gasteiger partial charge on any atom is 0.320 e. The third-order valence-electron chi connectivity index (χ3n) is 5.07. The van der Waals surface area contributed by atoms with E-state index in [0.29, 0.717) is 25.6 Å². The number of hydrogen-bond donors (Lipinski definition) is 0. The van der Waals surface area contributed by atoms with Crippen molar-refractivity contribution >= 4 is 23.5 Å². The van der Waals surface area contributed by atoms with E-state index in [-0.39, 0.29) is 24.5 Å². The Hall–Kier alpha value is -2.47. The molecule has 0 aliphatic heterocycles. The van der Waals surface area contributed by atoms with Gasteiger partial charge in [-0.25, -0.2) is 4.79 Å². The van der Waals surface area contributed by atoms with Gasteiger partial charge in [-0.15, -0.1) is 0 Å². The second kappa shape index (κ2) is 11.2. The Morgan fingerprint density at radius 1 is 1.03 bits per heavy atom. The first kappa shape index (κ1) is 24.8. The number of rotatable bonds is 9. The summed E-state index contributed by atoms with van der Waals surface area (Å²) < 4.78 is 2.12. The first-order valence-corrected chi connectivity index (χ1v) is 11.1. The van der Waals surface area contributed by atoms with Crippen LogP contribution in [0.1, 0.15) is 39.0 Å². The average molecular weight is 447 g/mol. The van der Waals surface area contributed by atoms with Crippen molar-refractivity contribution in [1.29, 1.82) is 0 Å². The lowest BCUT2D eigenvalue weighted by Crippen LogP contribution is -2.49. The van der Waals surface area contributed by atoms with Crippen molar-refractivity contribution in [3.8, 4) is 0 Å². The predicted molar refractivity (Wildman–Crippen MR) is 126 cm³/mol. The first-order valence-electron chi connectivity index (χ1n) is 10.7. The van der Waals surface area contributed by atoms with E-state index in [4.69, 9.17) is 11.6 Å². The van der Waals surface area contributed by atoms with E-state index in [1.165, 1.54) is 4.90 Å². The second-order valence-corrected chi connectivity index (χ2v) is 9.19. The quantitative estimate of drug-likeness (QED) is 0.566. The standard InChI is InChI=1S/C24H35ClN4O2/c1-18(2)14-28(23(30)17-29(19(3)4)24(31)26(5)6)16-21-11-9-13-27(21)15-20-10-7-8-12-22(20)25/h7-13,18-19H,14-17H2,1-6H3. The summed E-state index contributed by atoms with van der Waals surface area (Å²) in [5, 5.41) is 0.729. The molecule has 0 unspecified atom stereocenters. The third-order valence-corrected chi connectivity index (χ3v) is 5.44. The molecule has 0 N–H and O–H groups in total. The Bertz CT molecular complexity index is 876. The fourth-order valence-corrected chi connectivity index (χ4v) is 3.62. The second-order valence-electron chi connectivity index (χ2n) is 8.79. The van der Waals surface area contributed by atoms with Crippen LogP contribution in [-0.2, 0) is 17.9 Å². The van der Waals surface area contributed by atoms with E-state index in [9.17, 15) is 9.59 Å². The van der Waals surface area contributed by atoms with Crippen molar-refractivity contribution in [3.05, 3.63) is 58.9 Å². The molecule has 0 saturated carbocycles. The van der Waals surface area contributed by atoms with Crippen molar-refractivity contribution < 1.29 is 9.59 Å². The van der Waals surface area contributed by atoms with Crippen LogP contribution in [0.3, 0.4) is 0 Å². The maximum atomic E-state index is 13.3. The topological polar surface area (TPSA) is 48.8 Å². The van der Waals surface area contributed by atoms with Crippen LogP contribution in [0, 0.1) is 5.92 Å². The molecular formula is C24H35ClN4O2. The lowest BCUT2D eigenvalue weighted by molar-refractivity contribution is -0.133. The lowest BCUT2D eigenvalue weighted by Gasteiger charge is -2.32. The SMILES string of the molecule is CC(C)CN(Cc1cccn1Cc1ccccc1Cl)C(=O)CN(C(=O)N(C)C)C(C)C. The highest BCUT2D eigenvalue weighted by Crippen LogP contribution is 2.19. The molecule has 1 heterocycles. The smallest absolute Gasteiger partial charge is 0.320 e. The molecule has 0 fully saturated rings. The fraction of sp³-hybridized carbons (Fsp3) is 0.500. The molecule has 6 nitrogen and oxygen atoms in total. The summed E-state index contributed by atoms with van der Waals surface area (Å²) in [6.45, 7) is 9.85. The molecule has 1 aromatic heterocycles. The molecule has 0 bridgehead atoms. The van der Waals surface area contributed by atoms with Crippen molar-refractivity contribution in [2.24, 2.45) is 5.92 Å². The van der Waals surface area contributed by atoms with E-state index >= 15 is 0 Å². The summed E-state index contributed by atoms with van der Waals surface area (Å²) in [5.41, 5.74) is 2.06. The highest BCUT2D eigenvalue weighted by molar-refractivity contribution is 6.31. The predicted octanol–water partition coefficient (Wildman–Crippen LogP) is 4.57. The van der Waals surface area contributed by atoms with E-state index in [1.807, 2.05) is 61.3 Å². The first-order chi connectivity index (χ1) is 14.6. The van der Waals surface area contributed by atoms with Gasteiger partial charge < -0.3 is 19.3 Å². The van der Waals surface area contributed by atoms with Crippen LogP contribution in [0.4, 0.5) is 4.79 Å². The van der Waals surface area contributed by atoms with Gasteiger partial charge in [0.25, 0.3) is 0 Å². The molecule has 170 valence electrons. The Labute approximate surface area is 191 Å². The number of benzene rings is 1. The van der Waals surface area contributed by atoms with Crippen molar-refractivity contribution in [1.82, 2.24) is 19.3 Å². The number of hydrogen-bond acceptors (Lipinski definition) is 2. The highest BCUT2D eigenvalue weighted by Gasteiger charge is 2.25.